The summed E-state index contributed by atoms with van der Waals surface area (Å²) in [5.74, 6) is -0.258. The van der Waals surface area contributed by atoms with Gasteiger partial charge in [0.25, 0.3) is 11.5 Å². The number of ether oxygens (including phenoxy) is 1. The molecule has 4 aromatic rings. The van der Waals surface area contributed by atoms with Crippen LogP contribution in [-0.2, 0) is 17.6 Å². The van der Waals surface area contributed by atoms with Crippen molar-refractivity contribution in [1.82, 2.24) is 14.9 Å². The van der Waals surface area contributed by atoms with Crippen LogP contribution in [-0.4, -0.2) is 35.7 Å². The number of para-hydroxylation sites is 1. The molecule has 37 heavy (non-hydrogen) atoms. The molecule has 0 fully saturated rings. The highest BCUT2D eigenvalue weighted by Crippen LogP contribution is 2.30. The summed E-state index contributed by atoms with van der Waals surface area (Å²) in [4.78, 5) is 32.2. The van der Waals surface area contributed by atoms with Gasteiger partial charge in [-0.05, 0) is 49.1 Å². The molecule has 2 aromatic heterocycles. The minimum atomic E-state index is -0.258. The number of hydrogen-bond acceptors (Lipinski definition) is 5. The molecule has 0 saturated heterocycles. The summed E-state index contributed by atoms with van der Waals surface area (Å²) in [6.07, 6.45) is 1.51. The summed E-state index contributed by atoms with van der Waals surface area (Å²) in [5, 5.41) is 6.02. The molecule has 1 N–H and O–H groups in total. The Bertz CT molecular complexity index is 1450. The molecule has 4 rings (SSSR count). The summed E-state index contributed by atoms with van der Waals surface area (Å²) < 4.78 is 6.79. The van der Waals surface area contributed by atoms with E-state index < -0.39 is 0 Å². The number of carbonyl (C=O) groups excluding carboxylic acids is 1. The molecule has 0 saturated carbocycles. The lowest BCUT2D eigenvalue weighted by molar-refractivity contribution is 0.0935. The van der Waals surface area contributed by atoms with Gasteiger partial charge in [0.15, 0.2) is 0 Å². The van der Waals surface area contributed by atoms with Gasteiger partial charge >= 0.3 is 0 Å². The quantitative estimate of drug-likeness (QED) is 0.263. The van der Waals surface area contributed by atoms with Crippen LogP contribution in [0.2, 0.25) is 5.02 Å². The number of amides is 1. The third-order valence-corrected chi connectivity index (χ3v) is 7.47. The molecule has 0 radical (unpaired) electrons. The van der Waals surface area contributed by atoms with Crippen molar-refractivity contribution >= 4 is 28.8 Å². The zero-order valence-corrected chi connectivity index (χ0v) is 23.0. The highest BCUT2D eigenvalue weighted by atomic mass is 35.5. The second-order valence-corrected chi connectivity index (χ2v) is 9.92. The minimum absolute atomic E-state index is 0.196. The van der Waals surface area contributed by atoms with Crippen LogP contribution in [0, 0.1) is 6.92 Å². The molecule has 6 nitrogen and oxygen atoms in total. The fraction of sp³-hybridized carbons (Fsp3) is 0.276. The summed E-state index contributed by atoms with van der Waals surface area (Å²) in [6, 6.07) is 15.2. The number of thiazole rings is 1. The summed E-state index contributed by atoms with van der Waals surface area (Å²) >= 11 is 7.42. The molecular weight excluding hydrogens is 506 g/mol. The van der Waals surface area contributed by atoms with Crippen molar-refractivity contribution in [2.45, 2.75) is 33.6 Å². The molecule has 0 unspecified atom stereocenters. The number of nitrogens with zero attached hydrogens (tertiary/aromatic N) is 2. The Morgan fingerprint density at radius 1 is 1.11 bits per heavy atom. The van der Waals surface area contributed by atoms with Crippen molar-refractivity contribution in [2.75, 3.05) is 20.3 Å². The number of rotatable bonds is 9. The molecule has 0 aliphatic heterocycles. The lowest BCUT2D eigenvalue weighted by atomic mass is 10.0. The molecule has 192 valence electrons. The van der Waals surface area contributed by atoms with Crippen LogP contribution in [0.15, 0.2) is 58.7 Å². The first-order chi connectivity index (χ1) is 17.9. The van der Waals surface area contributed by atoms with Crippen molar-refractivity contribution in [2.24, 2.45) is 0 Å². The minimum Gasteiger partial charge on any atom is -0.383 e. The first-order valence-corrected chi connectivity index (χ1v) is 13.5. The van der Waals surface area contributed by atoms with Gasteiger partial charge in [-0.2, -0.15) is 0 Å². The Hall–Kier alpha value is -3.26. The summed E-state index contributed by atoms with van der Waals surface area (Å²) in [7, 11) is 1.59. The number of pyridine rings is 1. The topological polar surface area (TPSA) is 73.2 Å². The Labute approximate surface area is 225 Å². The van der Waals surface area contributed by atoms with Gasteiger partial charge in [0, 0.05) is 35.3 Å². The molecule has 8 heteroatoms. The first kappa shape index (κ1) is 26.8. The average molecular weight is 536 g/mol. The Morgan fingerprint density at radius 3 is 2.41 bits per heavy atom. The Morgan fingerprint density at radius 2 is 1.78 bits per heavy atom. The second kappa shape index (κ2) is 11.9. The highest BCUT2D eigenvalue weighted by Gasteiger charge is 2.23. The van der Waals surface area contributed by atoms with Gasteiger partial charge in [-0.1, -0.05) is 55.8 Å². The number of nitrogens with one attached hydrogen (secondary N) is 1. The normalized spacial score (nSPS) is 11.1. The molecule has 0 bridgehead atoms. The van der Waals surface area contributed by atoms with E-state index in [9.17, 15) is 9.59 Å². The second-order valence-electron chi connectivity index (χ2n) is 8.62. The smallest absolute Gasteiger partial charge is 0.265 e. The van der Waals surface area contributed by atoms with E-state index in [1.165, 1.54) is 11.3 Å². The fourth-order valence-corrected chi connectivity index (χ4v) is 5.33. The standard InChI is InChI=1S/C29H30ClN3O3S/c1-5-19-8-7-9-20(6-2)26(19)33-18(3)23(27(34)31-14-15-36-4)16-24(29(33)35)28-32-25(17-37-28)21-10-12-22(30)13-11-21/h7-13,16-17H,5-6,14-15H2,1-4H3,(H,31,34). The predicted molar refractivity (Wildman–Crippen MR) is 151 cm³/mol. The maximum Gasteiger partial charge on any atom is 0.265 e. The van der Waals surface area contributed by atoms with Crippen molar-refractivity contribution in [3.8, 4) is 27.5 Å². The fourth-order valence-electron chi connectivity index (χ4n) is 4.37. The van der Waals surface area contributed by atoms with Gasteiger partial charge < -0.3 is 10.1 Å². The van der Waals surface area contributed by atoms with E-state index in [4.69, 9.17) is 21.3 Å². The van der Waals surface area contributed by atoms with Crippen LogP contribution in [0.1, 0.15) is 41.0 Å². The lowest BCUT2D eigenvalue weighted by Crippen LogP contribution is -2.32. The molecule has 0 spiro atoms. The average Bonchev–Trinajstić information content (AvgIpc) is 3.39. The Balaban J connectivity index is 1.94. The van der Waals surface area contributed by atoms with E-state index in [0.717, 1.165) is 40.9 Å². The number of aryl methyl sites for hydroxylation is 2. The van der Waals surface area contributed by atoms with Crippen LogP contribution < -0.4 is 10.9 Å². The monoisotopic (exact) mass is 535 g/mol. The summed E-state index contributed by atoms with van der Waals surface area (Å²) in [6.45, 7) is 6.73. The first-order valence-electron chi connectivity index (χ1n) is 12.3. The molecule has 1 amide bonds. The van der Waals surface area contributed by atoms with E-state index in [1.54, 1.807) is 17.7 Å². The number of aromatic nitrogens is 2. The lowest BCUT2D eigenvalue weighted by Gasteiger charge is -2.21. The SMILES string of the molecule is CCc1cccc(CC)c1-n1c(C)c(C(=O)NCCOC)cc(-c2nc(-c3ccc(Cl)cc3)cs2)c1=O. The number of benzene rings is 2. The third kappa shape index (κ3) is 5.54. The predicted octanol–water partition coefficient (Wildman–Crippen LogP) is 6.09. The maximum atomic E-state index is 14.1. The van der Waals surface area contributed by atoms with Crippen LogP contribution in [0.25, 0.3) is 27.5 Å². The largest absolute Gasteiger partial charge is 0.383 e. The van der Waals surface area contributed by atoms with Gasteiger partial charge in [-0.3, -0.25) is 14.2 Å². The van der Waals surface area contributed by atoms with Gasteiger partial charge in [0.2, 0.25) is 0 Å². The van der Waals surface area contributed by atoms with E-state index in [1.807, 2.05) is 54.8 Å². The highest BCUT2D eigenvalue weighted by molar-refractivity contribution is 7.13. The van der Waals surface area contributed by atoms with E-state index in [2.05, 4.69) is 19.2 Å². The van der Waals surface area contributed by atoms with Crippen molar-refractivity contribution in [1.29, 1.82) is 0 Å². The zero-order chi connectivity index (χ0) is 26.5. The van der Waals surface area contributed by atoms with E-state index in [0.29, 0.717) is 40.0 Å². The van der Waals surface area contributed by atoms with Gasteiger partial charge in [-0.15, -0.1) is 11.3 Å². The molecule has 2 heterocycles. The van der Waals surface area contributed by atoms with Crippen molar-refractivity contribution in [3.63, 3.8) is 0 Å². The van der Waals surface area contributed by atoms with Gasteiger partial charge in [0.05, 0.1) is 29.1 Å². The van der Waals surface area contributed by atoms with Gasteiger partial charge in [-0.25, -0.2) is 4.98 Å². The van der Waals surface area contributed by atoms with Crippen molar-refractivity contribution < 1.29 is 9.53 Å². The third-order valence-electron chi connectivity index (χ3n) is 6.35. The van der Waals surface area contributed by atoms with E-state index >= 15 is 0 Å². The summed E-state index contributed by atoms with van der Waals surface area (Å²) in [5.41, 5.74) is 5.81. The van der Waals surface area contributed by atoms with Crippen LogP contribution in [0.3, 0.4) is 0 Å². The van der Waals surface area contributed by atoms with Crippen LogP contribution >= 0.6 is 22.9 Å². The maximum absolute atomic E-state index is 14.1. The Kier molecular flexibility index (Phi) is 8.59. The number of hydrogen-bond donors (Lipinski definition) is 1. The number of halogens is 1. The van der Waals surface area contributed by atoms with Gasteiger partial charge in [0.1, 0.15) is 5.01 Å². The molecule has 0 aliphatic rings. The molecule has 2 aromatic carbocycles. The number of methoxy groups -OCH3 is 1. The number of carbonyl (C=O) groups is 1. The zero-order valence-electron chi connectivity index (χ0n) is 21.4. The molecule has 0 atom stereocenters. The van der Waals surface area contributed by atoms with Crippen LogP contribution in [0.4, 0.5) is 0 Å². The molecular formula is C29H30ClN3O3S. The van der Waals surface area contributed by atoms with E-state index in [-0.39, 0.29) is 11.5 Å². The van der Waals surface area contributed by atoms with Crippen molar-refractivity contribution in [3.05, 3.63) is 91.7 Å². The molecule has 0 aliphatic carbocycles. The van der Waals surface area contributed by atoms with Crippen LogP contribution in [0.5, 0.6) is 0 Å².